The normalized spacial score (nSPS) is 6.88. The number of rotatable bonds is 1. The highest BCUT2D eigenvalue weighted by Gasteiger charge is 1.80. The van der Waals surface area contributed by atoms with Gasteiger partial charge in [-0.25, -0.2) is 5.26 Å². The van der Waals surface area contributed by atoms with Crippen LogP contribution in [0.25, 0.3) is 0 Å². The Balaban J connectivity index is 0. The summed E-state index contributed by atoms with van der Waals surface area (Å²) in [5, 5.41) is 8.47. The third-order valence-corrected chi connectivity index (χ3v) is 0.816. The fourth-order valence-electron chi connectivity index (χ4n) is 0. The van der Waals surface area contributed by atoms with Gasteiger partial charge in [0.25, 0.3) is 0 Å². The van der Waals surface area contributed by atoms with Crippen LogP contribution in [0.5, 0.6) is 0 Å². The molecule has 0 aromatic rings. The van der Waals surface area contributed by atoms with E-state index < -0.39 is 0 Å². The van der Waals surface area contributed by atoms with E-state index in [1.165, 1.54) is 11.8 Å². The first-order valence-electron chi connectivity index (χ1n) is 2.70. The number of hydrogen-bond donors (Lipinski definition) is 0. The van der Waals surface area contributed by atoms with Crippen LogP contribution in [0.1, 0.15) is 27.2 Å². The second-order valence-corrected chi connectivity index (χ2v) is 2.08. The molecular weight excluding hydrogens is 118 g/mol. The minimum atomic E-state index is 0.884. The van der Waals surface area contributed by atoms with Crippen LogP contribution >= 0.6 is 0 Å². The molecule has 0 aliphatic carbocycles. The van der Waals surface area contributed by atoms with E-state index in [-0.39, 0.29) is 0 Å². The van der Waals surface area contributed by atoms with E-state index in [1.807, 2.05) is 0 Å². The summed E-state index contributed by atoms with van der Waals surface area (Å²) in [5.41, 5.74) is 0. The van der Waals surface area contributed by atoms with Crippen LogP contribution in [0.15, 0.2) is 0 Å². The highest BCUT2D eigenvalue weighted by atomic mass is 32.1. The van der Waals surface area contributed by atoms with Crippen molar-refractivity contribution in [3.63, 3.8) is 0 Å². The molecule has 0 N–H and O–H groups in total. The van der Waals surface area contributed by atoms with Gasteiger partial charge in [0.05, 0.1) is 0 Å². The molecule has 0 aromatic heterocycles. The number of nitriles is 1. The molecule has 2 heteroatoms. The summed E-state index contributed by atoms with van der Waals surface area (Å²) in [7, 11) is 0. The summed E-state index contributed by atoms with van der Waals surface area (Å²) >= 11 is 3.70. The highest BCUT2D eigenvalue weighted by Crippen LogP contribution is 1.93. The van der Waals surface area contributed by atoms with Crippen LogP contribution in [0.4, 0.5) is 0 Å². The predicted molar refractivity (Wildman–Crippen MR) is 38.1 cm³/mol. The lowest BCUT2D eigenvalue weighted by Gasteiger charge is -1.90. The molecule has 0 aliphatic rings. The van der Waals surface area contributed by atoms with Crippen molar-refractivity contribution in [2.24, 2.45) is 5.92 Å². The van der Waals surface area contributed by atoms with Crippen LogP contribution in [-0.4, -0.2) is 0 Å². The van der Waals surface area contributed by atoms with Gasteiger partial charge in [0.15, 0.2) is 0 Å². The number of hydrogen-bond acceptors (Lipinski definition) is 2. The molecule has 1 nitrogen and oxygen atoms in total. The Morgan fingerprint density at radius 1 is 1.62 bits per heavy atom. The van der Waals surface area contributed by atoms with Gasteiger partial charge in [-0.3, -0.25) is 0 Å². The average molecular weight is 130 g/mol. The summed E-state index contributed by atoms with van der Waals surface area (Å²) in [5.74, 6) is 0.884. The van der Waals surface area contributed by atoms with Crippen molar-refractivity contribution in [1.29, 1.82) is 5.26 Å². The lowest BCUT2D eigenvalue weighted by Crippen LogP contribution is -1.77. The average Bonchev–Trinajstić information content (AvgIpc) is 1.69. The van der Waals surface area contributed by atoms with E-state index in [1.54, 1.807) is 0 Å². The fraction of sp³-hybridized carbons (Fsp3) is 0.833. The standard InChI is InChI=1S/C5H12.CHNS/c1-4-5(2)3;2-1-3/h5H,4H2,1-3H3;3H/p-1. The molecule has 0 fully saturated rings. The van der Waals surface area contributed by atoms with Gasteiger partial charge in [-0.1, -0.05) is 32.6 Å². The lowest BCUT2D eigenvalue weighted by molar-refractivity contribution is 0.626. The van der Waals surface area contributed by atoms with Gasteiger partial charge in [-0.2, -0.15) is 0 Å². The summed E-state index contributed by atoms with van der Waals surface area (Å²) in [6, 6.07) is 0. The van der Waals surface area contributed by atoms with Crippen molar-refractivity contribution in [2.45, 2.75) is 27.2 Å². The molecule has 0 amide bonds. The van der Waals surface area contributed by atoms with Crippen molar-refractivity contribution < 1.29 is 0 Å². The Labute approximate surface area is 57.1 Å². The summed E-state index contributed by atoms with van der Waals surface area (Å²) in [6.07, 6.45) is 1.31. The first-order valence-corrected chi connectivity index (χ1v) is 3.11. The van der Waals surface area contributed by atoms with E-state index in [0.29, 0.717) is 0 Å². The third-order valence-electron chi connectivity index (χ3n) is 0.816. The molecule has 0 saturated heterocycles. The molecule has 0 spiro atoms. The van der Waals surface area contributed by atoms with E-state index in [0.717, 1.165) is 5.92 Å². The van der Waals surface area contributed by atoms with Gasteiger partial charge in [-0.05, 0) is 5.92 Å². The highest BCUT2D eigenvalue weighted by molar-refractivity contribution is 7.64. The van der Waals surface area contributed by atoms with Crippen molar-refractivity contribution in [3.8, 4) is 5.40 Å². The molecular formula is C6H12NS-. The predicted octanol–water partition coefficient (Wildman–Crippen LogP) is 2.07. The van der Waals surface area contributed by atoms with Crippen molar-refractivity contribution in [1.82, 2.24) is 0 Å². The Bertz CT molecular complexity index is 63.4. The van der Waals surface area contributed by atoms with Gasteiger partial charge in [0, 0.05) is 0 Å². The Morgan fingerprint density at radius 2 is 1.75 bits per heavy atom. The first-order chi connectivity index (χ1) is 3.68. The van der Waals surface area contributed by atoms with Crippen molar-refractivity contribution >= 4 is 12.6 Å². The Hall–Kier alpha value is -0.290. The molecule has 0 saturated carbocycles. The van der Waals surface area contributed by atoms with Gasteiger partial charge in [-0.15, -0.1) is 0 Å². The molecule has 0 atom stereocenters. The maximum atomic E-state index is 7.13. The van der Waals surface area contributed by atoms with Gasteiger partial charge >= 0.3 is 0 Å². The van der Waals surface area contributed by atoms with Crippen LogP contribution in [0.2, 0.25) is 0 Å². The molecule has 0 heterocycles. The van der Waals surface area contributed by atoms with Gasteiger partial charge < -0.3 is 12.6 Å². The topological polar surface area (TPSA) is 23.8 Å². The van der Waals surface area contributed by atoms with E-state index in [4.69, 9.17) is 5.26 Å². The van der Waals surface area contributed by atoms with E-state index >= 15 is 0 Å². The van der Waals surface area contributed by atoms with Gasteiger partial charge in [0.1, 0.15) is 0 Å². The Morgan fingerprint density at radius 3 is 1.75 bits per heavy atom. The second-order valence-electron chi connectivity index (χ2n) is 1.89. The quantitative estimate of drug-likeness (QED) is 0.401. The third kappa shape index (κ3) is 43.3. The minimum absolute atomic E-state index is 0.884. The largest absolute Gasteiger partial charge is 0.696 e. The second kappa shape index (κ2) is 9.86. The van der Waals surface area contributed by atoms with Crippen LogP contribution in [0.3, 0.4) is 0 Å². The smallest absolute Gasteiger partial charge is 0.0474 e. The van der Waals surface area contributed by atoms with E-state index in [9.17, 15) is 0 Å². The number of thiocyanates is 1. The minimum Gasteiger partial charge on any atom is -0.696 e. The monoisotopic (exact) mass is 130 g/mol. The zero-order valence-corrected chi connectivity index (χ0v) is 6.46. The molecule has 0 rings (SSSR count). The maximum Gasteiger partial charge on any atom is -0.0474 e. The molecule has 8 heavy (non-hydrogen) atoms. The lowest BCUT2D eigenvalue weighted by atomic mass is 10.2. The van der Waals surface area contributed by atoms with Crippen molar-refractivity contribution in [2.75, 3.05) is 0 Å². The van der Waals surface area contributed by atoms with Crippen LogP contribution < -0.4 is 0 Å². The Kier molecular flexibility index (Phi) is 13.1. The molecule has 0 aliphatic heterocycles. The van der Waals surface area contributed by atoms with Crippen LogP contribution in [0, 0.1) is 16.6 Å². The maximum absolute atomic E-state index is 7.13. The molecule has 0 aromatic carbocycles. The fourth-order valence-corrected chi connectivity index (χ4v) is 0. The molecule has 0 unspecified atom stereocenters. The molecule has 0 radical (unpaired) electrons. The zero-order chi connectivity index (χ0) is 6.99. The first kappa shape index (κ1) is 10.6. The zero-order valence-electron chi connectivity index (χ0n) is 5.64. The van der Waals surface area contributed by atoms with E-state index in [2.05, 4.69) is 33.4 Å². The van der Waals surface area contributed by atoms with Crippen molar-refractivity contribution in [3.05, 3.63) is 0 Å². The molecule has 0 bridgehead atoms. The summed E-state index contributed by atoms with van der Waals surface area (Å²) in [6.45, 7) is 6.64. The summed E-state index contributed by atoms with van der Waals surface area (Å²) in [4.78, 5) is 0. The number of nitrogens with zero attached hydrogens (tertiary/aromatic N) is 1. The van der Waals surface area contributed by atoms with Gasteiger partial charge in [0.2, 0.25) is 0 Å². The van der Waals surface area contributed by atoms with Crippen LogP contribution in [-0.2, 0) is 12.6 Å². The SMILES string of the molecule is CCC(C)C.N#C[S-]. The summed E-state index contributed by atoms with van der Waals surface area (Å²) < 4.78 is 0. The molecule has 48 valence electrons.